The van der Waals surface area contributed by atoms with E-state index >= 15 is 0 Å². The first-order chi connectivity index (χ1) is 15.4. The largest absolute Gasteiger partial charge is 0.242 e. The molecule has 0 N–H and O–H groups in total. The summed E-state index contributed by atoms with van der Waals surface area (Å²) in [7, 11) is 0. The summed E-state index contributed by atoms with van der Waals surface area (Å²) in [6.07, 6.45) is -6.47. The maximum absolute atomic E-state index is 13.2. The molecule has 3 rings (SSSR count). The Balaban J connectivity index is 2.46. The molecular formula is C27H24F4N2. The minimum Gasteiger partial charge on any atom is -0.210 e. The molecule has 6 heteroatoms. The number of nitrogens with zero attached hydrogens (tertiary/aromatic N) is 2. The number of hydrogen-bond acceptors (Lipinski definition) is 2. The van der Waals surface area contributed by atoms with Crippen LogP contribution in [0.1, 0.15) is 54.2 Å². The Hall–Kier alpha value is -3.38. The highest BCUT2D eigenvalue weighted by molar-refractivity contribution is 6.02. The van der Waals surface area contributed by atoms with Crippen LogP contribution in [0.15, 0.2) is 36.4 Å². The molecule has 0 spiro atoms. The van der Waals surface area contributed by atoms with E-state index in [0.717, 1.165) is 16.5 Å². The van der Waals surface area contributed by atoms with E-state index in [1.807, 2.05) is 25.1 Å². The first kappa shape index (κ1) is 24.3. The molecule has 0 aliphatic carbocycles. The second kappa shape index (κ2) is 9.24. The molecule has 0 aliphatic heterocycles. The van der Waals surface area contributed by atoms with Crippen molar-refractivity contribution in [1.29, 1.82) is 10.5 Å². The molecule has 0 fully saturated rings. The van der Waals surface area contributed by atoms with Gasteiger partial charge in [0.1, 0.15) is 12.1 Å². The Morgan fingerprint density at radius 1 is 0.818 bits per heavy atom. The van der Waals surface area contributed by atoms with Crippen LogP contribution in [0, 0.1) is 29.6 Å². The summed E-state index contributed by atoms with van der Waals surface area (Å²) in [5.74, 6) is 0. The second-order valence-electron chi connectivity index (χ2n) is 9.26. The summed E-state index contributed by atoms with van der Waals surface area (Å²) >= 11 is 0. The lowest BCUT2D eigenvalue weighted by Gasteiger charge is -2.24. The highest BCUT2D eigenvalue weighted by Gasteiger charge is 2.22. The second-order valence-corrected chi connectivity index (χ2v) is 9.26. The van der Waals surface area contributed by atoms with E-state index in [9.17, 15) is 28.1 Å². The van der Waals surface area contributed by atoms with Crippen LogP contribution < -0.4 is 0 Å². The molecule has 2 nitrogen and oxygen atoms in total. The van der Waals surface area contributed by atoms with Gasteiger partial charge in [-0.15, -0.1) is 0 Å². The zero-order valence-corrected chi connectivity index (χ0v) is 18.9. The van der Waals surface area contributed by atoms with Crippen molar-refractivity contribution in [3.8, 4) is 23.3 Å². The predicted octanol–water partition coefficient (Wildman–Crippen LogP) is 7.47. The van der Waals surface area contributed by atoms with E-state index in [2.05, 4.69) is 26.8 Å². The van der Waals surface area contributed by atoms with Crippen LogP contribution in [-0.2, 0) is 18.3 Å². The monoisotopic (exact) mass is 452 g/mol. The average molecular weight is 452 g/mol. The van der Waals surface area contributed by atoms with Crippen molar-refractivity contribution in [3.05, 3.63) is 69.8 Å². The van der Waals surface area contributed by atoms with E-state index in [-0.39, 0.29) is 27.7 Å². The van der Waals surface area contributed by atoms with Crippen molar-refractivity contribution >= 4 is 10.8 Å². The molecule has 0 heterocycles. The fourth-order valence-corrected chi connectivity index (χ4v) is 4.37. The predicted molar refractivity (Wildman–Crippen MR) is 122 cm³/mol. The van der Waals surface area contributed by atoms with Crippen LogP contribution in [0.25, 0.3) is 21.9 Å². The number of nitriles is 2. The summed E-state index contributed by atoms with van der Waals surface area (Å²) in [6, 6.07) is 14.0. The van der Waals surface area contributed by atoms with E-state index in [1.165, 1.54) is 18.2 Å². The third-order valence-electron chi connectivity index (χ3n) is 5.65. The Bertz CT molecular complexity index is 1260. The van der Waals surface area contributed by atoms with Crippen LogP contribution in [0.4, 0.5) is 17.6 Å². The standard InChI is InChI=1S/C27H24F4N2/c1-15-5-18-11-20(13-32)22(14-33)26(21(18)12-23(15)27(2,3)4)19-7-16(9-24(28)29)6-17(8-19)10-25(30)31/h5-8,11-12,24-25H,9-10H2,1-4H3. The summed E-state index contributed by atoms with van der Waals surface area (Å²) in [5.41, 5.74) is 3.29. The Kier molecular flexibility index (Phi) is 6.79. The highest BCUT2D eigenvalue weighted by atomic mass is 19.3. The Labute approximate surface area is 191 Å². The van der Waals surface area contributed by atoms with Gasteiger partial charge in [-0.2, -0.15) is 10.5 Å². The van der Waals surface area contributed by atoms with Crippen molar-refractivity contribution in [2.75, 3.05) is 0 Å². The Morgan fingerprint density at radius 2 is 1.39 bits per heavy atom. The van der Waals surface area contributed by atoms with Crippen molar-refractivity contribution in [2.24, 2.45) is 0 Å². The zero-order valence-electron chi connectivity index (χ0n) is 18.9. The summed E-state index contributed by atoms with van der Waals surface area (Å²) < 4.78 is 52.6. The van der Waals surface area contributed by atoms with Gasteiger partial charge in [-0.05, 0) is 63.1 Å². The molecular weight excluding hydrogens is 428 g/mol. The molecule has 3 aromatic rings. The van der Waals surface area contributed by atoms with Gasteiger partial charge in [0.2, 0.25) is 12.9 Å². The molecule has 0 atom stereocenters. The van der Waals surface area contributed by atoms with Gasteiger partial charge in [0.05, 0.1) is 11.1 Å². The molecule has 0 aliphatic rings. The van der Waals surface area contributed by atoms with E-state index < -0.39 is 25.7 Å². The van der Waals surface area contributed by atoms with Crippen molar-refractivity contribution in [1.82, 2.24) is 0 Å². The number of benzene rings is 3. The molecule has 0 bridgehead atoms. The van der Waals surface area contributed by atoms with Crippen LogP contribution in [0.2, 0.25) is 0 Å². The number of halogens is 4. The number of aryl methyl sites for hydroxylation is 1. The first-order valence-corrected chi connectivity index (χ1v) is 10.6. The lowest BCUT2D eigenvalue weighted by molar-refractivity contribution is 0.148. The van der Waals surface area contributed by atoms with Gasteiger partial charge < -0.3 is 0 Å². The number of rotatable bonds is 5. The Morgan fingerprint density at radius 3 is 1.85 bits per heavy atom. The third-order valence-corrected chi connectivity index (χ3v) is 5.65. The number of fused-ring (bicyclic) bond motifs is 1. The molecule has 0 unspecified atom stereocenters. The van der Waals surface area contributed by atoms with Gasteiger partial charge in [-0.25, -0.2) is 17.6 Å². The van der Waals surface area contributed by atoms with Gasteiger partial charge in [-0.1, -0.05) is 45.0 Å². The quantitative estimate of drug-likeness (QED) is 0.377. The smallest absolute Gasteiger partial charge is 0.210 e. The fraction of sp³-hybridized carbons (Fsp3) is 0.333. The molecule has 0 saturated carbocycles. The molecule has 0 radical (unpaired) electrons. The minimum atomic E-state index is -2.65. The summed E-state index contributed by atoms with van der Waals surface area (Å²) in [6.45, 7) is 8.13. The van der Waals surface area contributed by atoms with Gasteiger partial charge in [0, 0.05) is 18.4 Å². The molecule has 170 valence electrons. The van der Waals surface area contributed by atoms with Crippen molar-refractivity contribution in [3.63, 3.8) is 0 Å². The topological polar surface area (TPSA) is 47.6 Å². The summed E-state index contributed by atoms with van der Waals surface area (Å²) in [5, 5.41) is 21.0. The first-order valence-electron chi connectivity index (χ1n) is 10.6. The van der Waals surface area contributed by atoms with Crippen molar-refractivity contribution < 1.29 is 17.6 Å². The maximum Gasteiger partial charge on any atom is 0.242 e. The van der Waals surface area contributed by atoms with Gasteiger partial charge in [-0.3, -0.25) is 0 Å². The summed E-state index contributed by atoms with van der Waals surface area (Å²) in [4.78, 5) is 0. The van der Waals surface area contributed by atoms with E-state index in [4.69, 9.17) is 0 Å². The SMILES string of the molecule is Cc1cc2cc(C#N)c(C#N)c(-c3cc(CC(F)F)cc(CC(F)F)c3)c2cc1C(C)(C)C. The fourth-order valence-electron chi connectivity index (χ4n) is 4.37. The van der Waals surface area contributed by atoms with Crippen LogP contribution in [-0.4, -0.2) is 12.9 Å². The average Bonchev–Trinajstić information content (AvgIpc) is 2.69. The van der Waals surface area contributed by atoms with E-state index in [0.29, 0.717) is 16.5 Å². The molecule has 0 aromatic heterocycles. The van der Waals surface area contributed by atoms with Crippen LogP contribution in [0.3, 0.4) is 0 Å². The third kappa shape index (κ3) is 5.17. The van der Waals surface area contributed by atoms with Crippen molar-refractivity contribution in [2.45, 2.75) is 58.8 Å². The van der Waals surface area contributed by atoms with E-state index in [1.54, 1.807) is 6.07 Å². The zero-order chi connectivity index (χ0) is 24.5. The molecule has 0 amide bonds. The number of hydrogen-bond donors (Lipinski definition) is 0. The lowest BCUT2D eigenvalue weighted by atomic mass is 9.80. The minimum absolute atomic E-state index is 0.103. The molecule has 33 heavy (non-hydrogen) atoms. The van der Waals surface area contributed by atoms with Crippen LogP contribution >= 0.6 is 0 Å². The van der Waals surface area contributed by atoms with Gasteiger partial charge >= 0.3 is 0 Å². The number of alkyl halides is 4. The molecule has 3 aromatic carbocycles. The van der Waals surface area contributed by atoms with Crippen LogP contribution in [0.5, 0.6) is 0 Å². The molecule has 0 saturated heterocycles. The maximum atomic E-state index is 13.2. The van der Waals surface area contributed by atoms with Gasteiger partial charge in [0.15, 0.2) is 0 Å². The normalized spacial score (nSPS) is 11.8. The van der Waals surface area contributed by atoms with Gasteiger partial charge in [0.25, 0.3) is 0 Å². The highest BCUT2D eigenvalue weighted by Crippen LogP contribution is 2.39. The lowest BCUT2D eigenvalue weighted by Crippen LogP contribution is -2.13.